The lowest BCUT2D eigenvalue weighted by Crippen LogP contribution is -2.49. The van der Waals surface area contributed by atoms with Crippen molar-refractivity contribution >= 4 is 16.6 Å². The maximum atomic E-state index is 9.34. The molecule has 0 aliphatic carbocycles. The van der Waals surface area contributed by atoms with Crippen molar-refractivity contribution in [3.8, 4) is 6.07 Å². The summed E-state index contributed by atoms with van der Waals surface area (Å²) in [5.74, 6) is 0. The minimum atomic E-state index is 0.437. The molecule has 19 heavy (non-hydrogen) atoms. The quantitative estimate of drug-likeness (QED) is 0.842. The molecule has 1 saturated heterocycles. The largest absolute Gasteiger partial charge is 0.367 e. The van der Waals surface area contributed by atoms with Crippen LogP contribution in [0.4, 0.5) is 5.69 Å². The van der Waals surface area contributed by atoms with E-state index in [1.165, 1.54) is 0 Å². The van der Waals surface area contributed by atoms with Gasteiger partial charge in [0.1, 0.15) is 6.07 Å². The molecule has 3 rings (SSSR count). The SMILES string of the molecule is CC1CN(c2c(C#N)cnc3ccccc23)CCN1. The molecule has 2 aromatic rings. The molecule has 1 atom stereocenters. The van der Waals surface area contributed by atoms with Crippen LogP contribution in [0.25, 0.3) is 10.9 Å². The van der Waals surface area contributed by atoms with Crippen LogP contribution >= 0.6 is 0 Å². The first-order chi connectivity index (χ1) is 9.29. The predicted octanol–water partition coefficient (Wildman–Crippen LogP) is 1.90. The van der Waals surface area contributed by atoms with Gasteiger partial charge in [0.2, 0.25) is 0 Å². The van der Waals surface area contributed by atoms with E-state index in [0.717, 1.165) is 36.2 Å². The fraction of sp³-hybridized carbons (Fsp3) is 0.333. The molecule has 1 unspecified atom stereocenters. The summed E-state index contributed by atoms with van der Waals surface area (Å²) in [7, 11) is 0. The van der Waals surface area contributed by atoms with Gasteiger partial charge in [-0.1, -0.05) is 18.2 Å². The molecule has 0 radical (unpaired) electrons. The number of pyridine rings is 1. The Labute approximate surface area is 112 Å². The third-order valence-electron chi connectivity index (χ3n) is 3.55. The summed E-state index contributed by atoms with van der Waals surface area (Å²) in [5, 5.41) is 13.8. The molecule has 96 valence electrons. The Bertz CT molecular complexity index is 644. The number of nitrogens with zero attached hydrogens (tertiary/aromatic N) is 3. The maximum Gasteiger partial charge on any atom is 0.103 e. The zero-order valence-electron chi connectivity index (χ0n) is 10.9. The highest BCUT2D eigenvalue weighted by atomic mass is 15.2. The summed E-state index contributed by atoms with van der Waals surface area (Å²) in [6, 6.07) is 10.7. The summed E-state index contributed by atoms with van der Waals surface area (Å²) in [5.41, 5.74) is 2.64. The Hall–Kier alpha value is -2.12. The number of aromatic nitrogens is 1. The highest BCUT2D eigenvalue weighted by molar-refractivity contribution is 5.94. The molecule has 1 aliphatic rings. The number of anilines is 1. The molecule has 0 saturated carbocycles. The average Bonchev–Trinajstić information content (AvgIpc) is 2.46. The van der Waals surface area contributed by atoms with Crippen molar-refractivity contribution in [1.82, 2.24) is 10.3 Å². The zero-order chi connectivity index (χ0) is 13.2. The molecule has 1 aliphatic heterocycles. The van der Waals surface area contributed by atoms with E-state index in [1.807, 2.05) is 24.3 Å². The minimum Gasteiger partial charge on any atom is -0.367 e. The van der Waals surface area contributed by atoms with Gasteiger partial charge < -0.3 is 10.2 Å². The van der Waals surface area contributed by atoms with E-state index in [1.54, 1.807) is 6.20 Å². The van der Waals surface area contributed by atoms with Crippen LogP contribution in [0.3, 0.4) is 0 Å². The van der Waals surface area contributed by atoms with Crippen molar-refractivity contribution in [3.05, 3.63) is 36.0 Å². The smallest absolute Gasteiger partial charge is 0.103 e. The molecule has 0 bridgehead atoms. The van der Waals surface area contributed by atoms with Gasteiger partial charge in [-0.15, -0.1) is 0 Å². The Kier molecular flexibility index (Phi) is 3.06. The van der Waals surface area contributed by atoms with E-state index >= 15 is 0 Å². The van der Waals surface area contributed by atoms with Crippen molar-refractivity contribution in [3.63, 3.8) is 0 Å². The van der Waals surface area contributed by atoms with E-state index in [0.29, 0.717) is 11.6 Å². The van der Waals surface area contributed by atoms with Crippen LogP contribution in [-0.4, -0.2) is 30.7 Å². The second kappa shape index (κ2) is 4.87. The summed E-state index contributed by atoms with van der Waals surface area (Å²) < 4.78 is 0. The first-order valence-corrected chi connectivity index (χ1v) is 6.56. The number of hydrogen-bond donors (Lipinski definition) is 1. The lowest BCUT2D eigenvalue weighted by Gasteiger charge is -2.34. The number of benzene rings is 1. The van der Waals surface area contributed by atoms with Crippen LogP contribution in [0.15, 0.2) is 30.5 Å². The number of piperazine rings is 1. The number of nitriles is 1. The van der Waals surface area contributed by atoms with Gasteiger partial charge in [-0.3, -0.25) is 4.98 Å². The second-order valence-electron chi connectivity index (χ2n) is 4.95. The standard InChI is InChI=1S/C15H16N4/c1-11-10-19(7-6-17-11)15-12(8-16)9-18-14-5-3-2-4-13(14)15/h2-5,9,11,17H,6-7,10H2,1H3. The fourth-order valence-corrected chi connectivity index (χ4v) is 2.68. The van der Waals surface area contributed by atoms with Crippen molar-refractivity contribution in [2.45, 2.75) is 13.0 Å². The van der Waals surface area contributed by atoms with Crippen molar-refractivity contribution < 1.29 is 0 Å². The number of nitrogens with one attached hydrogen (secondary N) is 1. The van der Waals surface area contributed by atoms with Crippen molar-refractivity contribution in [2.75, 3.05) is 24.5 Å². The van der Waals surface area contributed by atoms with Gasteiger partial charge in [0.25, 0.3) is 0 Å². The Balaban J connectivity index is 2.17. The third kappa shape index (κ3) is 2.13. The number of rotatable bonds is 1. The molecule has 4 heteroatoms. The Morgan fingerprint density at radius 2 is 2.26 bits per heavy atom. The number of fused-ring (bicyclic) bond motifs is 1. The second-order valence-corrected chi connectivity index (χ2v) is 4.95. The first kappa shape index (κ1) is 11.9. The summed E-state index contributed by atoms with van der Waals surface area (Å²) >= 11 is 0. The molecular weight excluding hydrogens is 236 g/mol. The molecule has 4 nitrogen and oxygen atoms in total. The topological polar surface area (TPSA) is 52.0 Å². The molecule has 1 aromatic heterocycles. The van der Waals surface area contributed by atoms with Gasteiger partial charge >= 0.3 is 0 Å². The summed E-state index contributed by atoms with van der Waals surface area (Å²) in [4.78, 5) is 6.66. The number of hydrogen-bond acceptors (Lipinski definition) is 4. The molecule has 0 amide bonds. The van der Waals surface area contributed by atoms with Crippen LogP contribution in [0.1, 0.15) is 12.5 Å². The van der Waals surface area contributed by atoms with E-state index in [2.05, 4.69) is 28.2 Å². The van der Waals surface area contributed by atoms with Gasteiger partial charge in [0.15, 0.2) is 0 Å². The normalized spacial score (nSPS) is 19.4. The highest BCUT2D eigenvalue weighted by Gasteiger charge is 2.20. The fourth-order valence-electron chi connectivity index (χ4n) is 2.68. The third-order valence-corrected chi connectivity index (χ3v) is 3.55. The maximum absolute atomic E-state index is 9.34. The van der Waals surface area contributed by atoms with Gasteiger partial charge in [-0.2, -0.15) is 5.26 Å². The van der Waals surface area contributed by atoms with Gasteiger partial charge in [-0.25, -0.2) is 0 Å². The minimum absolute atomic E-state index is 0.437. The monoisotopic (exact) mass is 252 g/mol. The van der Waals surface area contributed by atoms with E-state index < -0.39 is 0 Å². The van der Waals surface area contributed by atoms with Crippen LogP contribution in [0.5, 0.6) is 0 Å². The first-order valence-electron chi connectivity index (χ1n) is 6.56. The average molecular weight is 252 g/mol. The van der Waals surface area contributed by atoms with Crippen molar-refractivity contribution in [1.29, 1.82) is 5.26 Å². The highest BCUT2D eigenvalue weighted by Crippen LogP contribution is 2.29. The van der Waals surface area contributed by atoms with Gasteiger partial charge in [0.05, 0.1) is 16.8 Å². The summed E-state index contributed by atoms with van der Waals surface area (Å²) in [6.45, 7) is 4.96. The number of para-hydroxylation sites is 1. The predicted molar refractivity (Wildman–Crippen MR) is 76.1 cm³/mol. The van der Waals surface area contributed by atoms with Crippen LogP contribution in [0, 0.1) is 11.3 Å². The van der Waals surface area contributed by atoms with Gasteiger partial charge in [0, 0.05) is 37.3 Å². The van der Waals surface area contributed by atoms with Crippen LogP contribution < -0.4 is 10.2 Å². The van der Waals surface area contributed by atoms with E-state index in [9.17, 15) is 5.26 Å². The Morgan fingerprint density at radius 1 is 1.42 bits per heavy atom. The van der Waals surface area contributed by atoms with E-state index in [4.69, 9.17) is 0 Å². The Morgan fingerprint density at radius 3 is 3.05 bits per heavy atom. The van der Waals surface area contributed by atoms with Gasteiger partial charge in [-0.05, 0) is 13.0 Å². The van der Waals surface area contributed by atoms with Crippen molar-refractivity contribution in [2.24, 2.45) is 0 Å². The lowest BCUT2D eigenvalue weighted by molar-refractivity contribution is 0.485. The molecule has 1 fully saturated rings. The van der Waals surface area contributed by atoms with Crippen LogP contribution in [0.2, 0.25) is 0 Å². The van der Waals surface area contributed by atoms with Crippen LogP contribution in [-0.2, 0) is 0 Å². The molecular formula is C15H16N4. The zero-order valence-corrected chi connectivity index (χ0v) is 10.9. The summed E-state index contributed by atoms with van der Waals surface area (Å²) in [6.07, 6.45) is 1.68. The lowest BCUT2D eigenvalue weighted by atomic mass is 10.1. The van der Waals surface area contributed by atoms with E-state index in [-0.39, 0.29) is 0 Å². The molecule has 2 heterocycles. The molecule has 1 N–H and O–H groups in total. The molecule has 1 aromatic carbocycles. The molecule has 0 spiro atoms.